The Labute approximate surface area is 278 Å². The van der Waals surface area contributed by atoms with Crippen LogP contribution in [-0.4, -0.2) is 67.7 Å². The number of carbonyl (C=O) groups excluding carboxylic acids is 3. The molecule has 1 fully saturated rings. The summed E-state index contributed by atoms with van der Waals surface area (Å²) < 4.78 is 17.5. The van der Waals surface area contributed by atoms with Gasteiger partial charge in [0, 0.05) is 49.6 Å². The Bertz CT molecular complexity index is 1940. The van der Waals surface area contributed by atoms with E-state index in [2.05, 4.69) is 17.2 Å². The van der Waals surface area contributed by atoms with E-state index in [0.29, 0.717) is 65.9 Å². The lowest BCUT2D eigenvalue weighted by molar-refractivity contribution is -0.111. The summed E-state index contributed by atoms with van der Waals surface area (Å²) in [6.45, 7) is 7.25. The van der Waals surface area contributed by atoms with E-state index < -0.39 is 5.91 Å². The lowest BCUT2D eigenvalue weighted by atomic mass is 9.96. The van der Waals surface area contributed by atoms with Gasteiger partial charge in [-0.1, -0.05) is 24.8 Å². The largest absolute Gasteiger partial charge is 0.493 e. The molecule has 0 aliphatic carbocycles. The fraction of sp³-hybridized carbons (Fsp3) is 0.243. The number of hydrogen-bond donors (Lipinski definition) is 2. The molecule has 4 aromatic rings. The number of morpholine rings is 1. The summed E-state index contributed by atoms with van der Waals surface area (Å²) in [5, 5.41) is 5.74. The predicted octanol–water partition coefficient (Wildman–Crippen LogP) is 4.82. The van der Waals surface area contributed by atoms with Crippen LogP contribution in [0.5, 0.6) is 11.5 Å². The molecule has 0 saturated carbocycles. The van der Waals surface area contributed by atoms with E-state index >= 15 is 0 Å². The summed E-state index contributed by atoms with van der Waals surface area (Å²) in [4.78, 5) is 53.8. The van der Waals surface area contributed by atoms with Gasteiger partial charge in [0.2, 0.25) is 5.91 Å². The van der Waals surface area contributed by atoms with Gasteiger partial charge in [-0.2, -0.15) is 0 Å². The molecule has 3 aromatic carbocycles. The second-order valence-corrected chi connectivity index (χ2v) is 11.3. The maximum atomic E-state index is 13.3. The zero-order valence-corrected chi connectivity index (χ0v) is 27.4. The average molecular weight is 651 g/mol. The standard InChI is InChI=1S/C37H38N4O7/c1-6-34(42)38-31-19-24(10-12-29(31)37(45)41-14-16-48-17-15-41)18-26-20-27(22-40(3)36(26)44)28-8-7-9-30(23(28)2)39-35(43)25-11-13-32(46-4)33(21-25)47-5/h6-13,19-22H,1,14-18H2,2-5H3,(H,38,42)(H,39,43). The molecule has 5 rings (SSSR count). The molecule has 1 aliphatic rings. The van der Waals surface area contributed by atoms with Crippen molar-refractivity contribution in [3.8, 4) is 22.6 Å². The third-order valence-corrected chi connectivity index (χ3v) is 8.25. The SMILES string of the molecule is C=CC(=O)Nc1cc(Cc2cc(-c3cccc(NC(=O)c4ccc(OC)c(OC)c4)c3C)cn(C)c2=O)ccc1C(=O)N1CCOCC1. The fourth-order valence-corrected chi connectivity index (χ4v) is 5.64. The zero-order valence-electron chi connectivity index (χ0n) is 27.4. The maximum Gasteiger partial charge on any atom is 0.256 e. The molecule has 0 bridgehead atoms. The molecule has 1 saturated heterocycles. The van der Waals surface area contributed by atoms with Crippen LogP contribution in [0.3, 0.4) is 0 Å². The quantitative estimate of drug-likeness (QED) is 0.236. The van der Waals surface area contributed by atoms with Crippen LogP contribution in [0.1, 0.15) is 37.4 Å². The second kappa shape index (κ2) is 14.8. The molecule has 1 aliphatic heterocycles. The van der Waals surface area contributed by atoms with E-state index in [1.807, 2.05) is 31.2 Å². The van der Waals surface area contributed by atoms with Crippen molar-refractivity contribution in [1.29, 1.82) is 0 Å². The summed E-state index contributed by atoms with van der Waals surface area (Å²) in [6, 6.07) is 17.6. The van der Waals surface area contributed by atoms with Crippen LogP contribution in [0.2, 0.25) is 0 Å². The number of rotatable bonds is 10. The van der Waals surface area contributed by atoms with Crippen LogP contribution in [0.4, 0.5) is 11.4 Å². The van der Waals surface area contributed by atoms with Gasteiger partial charge in [-0.05, 0) is 77.7 Å². The van der Waals surface area contributed by atoms with Gasteiger partial charge in [0.1, 0.15) is 0 Å². The minimum Gasteiger partial charge on any atom is -0.493 e. The summed E-state index contributed by atoms with van der Waals surface area (Å²) in [7, 11) is 4.73. The first-order valence-corrected chi connectivity index (χ1v) is 15.4. The predicted molar refractivity (Wildman–Crippen MR) is 184 cm³/mol. The fourth-order valence-electron chi connectivity index (χ4n) is 5.64. The Morgan fingerprint density at radius 1 is 0.938 bits per heavy atom. The van der Waals surface area contributed by atoms with E-state index in [0.717, 1.165) is 28.3 Å². The summed E-state index contributed by atoms with van der Waals surface area (Å²) in [5.74, 6) is -0.00704. The van der Waals surface area contributed by atoms with Gasteiger partial charge in [-0.25, -0.2) is 0 Å². The van der Waals surface area contributed by atoms with Gasteiger partial charge in [0.15, 0.2) is 11.5 Å². The summed E-state index contributed by atoms with van der Waals surface area (Å²) in [6.07, 6.45) is 3.15. The van der Waals surface area contributed by atoms with E-state index in [4.69, 9.17) is 14.2 Å². The molecular formula is C37H38N4O7. The van der Waals surface area contributed by atoms with Crippen LogP contribution in [-0.2, 0) is 23.0 Å². The number of methoxy groups -OCH3 is 2. The highest BCUT2D eigenvalue weighted by molar-refractivity contribution is 6.07. The Hall–Kier alpha value is -5.68. The number of anilines is 2. The van der Waals surface area contributed by atoms with Gasteiger partial charge < -0.3 is 34.3 Å². The first kappa shape index (κ1) is 33.7. The monoisotopic (exact) mass is 650 g/mol. The molecule has 2 heterocycles. The van der Waals surface area contributed by atoms with Gasteiger partial charge in [0.05, 0.1) is 38.7 Å². The molecule has 248 valence electrons. The van der Waals surface area contributed by atoms with Crippen molar-refractivity contribution in [3.05, 3.63) is 118 Å². The van der Waals surface area contributed by atoms with Crippen molar-refractivity contribution in [2.45, 2.75) is 13.3 Å². The molecule has 0 unspecified atom stereocenters. The number of pyridine rings is 1. The normalized spacial score (nSPS) is 12.6. The third kappa shape index (κ3) is 7.31. The highest BCUT2D eigenvalue weighted by atomic mass is 16.5. The Balaban J connectivity index is 1.44. The number of nitrogens with zero attached hydrogens (tertiary/aromatic N) is 2. The molecule has 3 amide bonds. The summed E-state index contributed by atoms with van der Waals surface area (Å²) >= 11 is 0. The topological polar surface area (TPSA) is 128 Å². The number of aromatic nitrogens is 1. The van der Waals surface area contributed by atoms with Gasteiger partial charge >= 0.3 is 0 Å². The van der Waals surface area contributed by atoms with Crippen molar-refractivity contribution >= 4 is 29.1 Å². The molecule has 2 N–H and O–H groups in total. The molecule has 0 atom stereocenters. The highest BCUT2D eigenvalue weighted by Gasteiger charge is 2.22. The van der Waals surface area contributed by atoms with Crippen LogP contribution in [0, 0.1) is 6.92 Å². The van der Waals surface area contributed by atoms with Crippen LogP contribution in [0.25, 0.3) is 11.1 Å². The van der Waals surface area contributed by atoms with Gasteiger partial charge in [0.25, 0.3) is 17.4 Å². The lowest BCUT2D eigenvalue weighted by Gasteiger charge is -2.27. The number of ether oxygens (including phenoxy) is 3. The lowest BCUT2D eigenvalue weighted by Crippen LogP contribution is -2.41. The Morgan fingerprint density at radius 3 is 2.40 bits per heavy atom. The van der Waals surface area contributed by atoms with Crippen LogP contribution < -0.4 is 25.7 Å². The molecule has 48 heavy (non-hydrogen) atoms. The molecule has 0 spiro atoms. The van der Waals surface area contributed by atoms with Crippen molar-refractivity contribution in [1.82, 2.24) is 9.47 Å². The Kier molecular flexibility index (Phi) is 10.4. The number of amides is 3. The number of nitrogens with one attached hydrogen (secondary N) is 2. The smallest absolute Gasteiger partial charge is 0.256 e. The number of carbonyl (C=O) groups is 3. The first-order valence-electron chi connectivity index (χ1n) is 15.4. The number of hydrogen-bond acceptors (Lipinski definition) is 7. The van der Waals surface area contributed by atoms with Crippen LogP contribution >= 0.6 is 0 Å². The van der Waals surface area contributed by atoms with Gasteiger partial charge in [-0.3, -0.25) is 19.2 Å². The van der Waals surface area contributed by atoms with Crippen molar-refractivity contribution in [2.24, 2.45) is 7.05 Å². The highest BCUT2D eigenvalue weighted by Crippen LogP contribution is 2.31. The van der Waals surface area contributed by atoms with Crippen molar-refractivity contribution < 1.29 is 28.6 Å². The third-order valence-electron chi connectivity index (χ3n) is 8.25. The van der Waals surface area contributed by atoms with E-state index in [1.165, 1.54) is 18.8 Å². The van der Waals surface area contributed by atoms with E-state index in [1.54, 1.807) is 54.5 Å². The number of benzene rings is 3. The molecule has 1 aromatic heterocycles. The minimum absolute atomic E-state index is 0.181. The zero-order chi connectivity index (χ0) is 34.4. The van der Waals surface area contributed by atoms with E-state index in [-0.39, 0.29) is 23.8 Å². The van der Waals surface area contributed by atoms with Gasteiger partial charge in [-0.15, -0.1) is 0 Å². The van der Waals surface area contributed by atoms with Crippen molar-refractivity contribution in [3.63, 3.8) is 0 Å². The average Bonchev–Trinajstić information content (AvgIpc) is 3.10. The summed E-state index contributed by atoms with van der Waals surface area (Å²) in [5.41, 5.74) is 5.21. The molecular weight excluding hydrogens is 612 g/mol. The Morgan fingerprint density at radius 2 is 1.69 bits per heavy atom. The number of aryl methyl sites for hydroxylation is 1. The van der Waals surface area contributed by atoms with E-state index in [9.17, 15) is 19.2 Å². The van der Waals surface area contributed by atoms with Crippen molar-refractivity contribution in [2.75, 3.05) is 51.2 Å². The minimum atomic E-state index is -0.449. The molecule has 11 heteroatoms. The molecule has 11 nitrogen and oxygen atoms in total. The van der Waals surface area contributed by atoms with Crippen LogP contribution in [0.15, 0.2) is 84.3 Å². The molecule has 0 radical (unpaired) electrons. The first-order chi connectivity index (χ1) is 23.1. The maximum absolute atomic E-state index is 13.3. The second-order valence-electron chi connectivity index (χ2n) is 11.3.